The number of fused-ring (bicyclic) bond motifs is 1. The molecule has 0 saturated heterocycles. The van der Waals surface area contributed by atoms with E-state index in [4.69, 9.17) is 5.26 Å². The van der Waals surface area contributed by atoms with Crippen LogP contribution in [0.1, 0.15) is 44.1 Å². The van der Waals surface area contributed by atoms with Gasteiger partial charge in [-0.2, -0.15) is 5.26 Å². The van der Waals surface area contributed by atoms with E-state index in [1.165, 1.54) is 34.6 Å². The van der Waals surface area contributed by atoms with E-state index >= 15 is 0 Å². The van der Waals surface area contributed by atoms with Crippen LogP contribution in [-0.4, -0.2) is 16.1 Å². The Bertz CT molecular complexity index is 977. The van der Waals surface area contributed by atoms with Crippen LogP contribution in [0.3, 0.4) is 0 Å². The summed E-state index contributed by atoms with van der Waals surface area (Å²) in [6, 6.07) is 11.6. The molecule has 8 heteroatoms. The Labute approximate surface area is 169 Å². The van der Waals surface area contributed by atoms with Crippen molar-refractivity contribution >= 4 is 45.5 Å². The predicted molar refractivity (Wildman–Crippen MR) is 110 cm³/mol. The first-order valence-electron chi connectivity index (χ1n) is 8.59. The predicted octanol–water partition coefficient (Wildman–Crippen LogP) is 4.89. The average Bonchev–Trinajstić information content (AvgIpc) is 3.33. The van der Waals surface area contributed by atoms with Crippen LogP contribution in [0.25, 0.3) is 0 Å². The zero-order chi connectivity index (χ0) is 18.6. The first-order chi connectivity index (χ1) is 13.2. The van der Waals surface area contributed by atoms with Crippen LogP contribution < -0.4 is 5.32 Å². The minimum Gasteiger partial charge on any atom is -0.296 e. The monoisotopic (exact) mass is 412 g/mol. The van der Waals surface area contributed by atoms with Crippen LogP contribution in [0, 0.1) is 11.3 Å². The molecule has 0 saturated carbocycles. The summed E-state index contributed by atoms with van der Waals surface area (Å²) in [5, 5.41) is 20.5. The molecular weight excluding hydrogens is 396 g/mol. The first kappa shape index (κ1) is 18.2. The number of hydrogen-bond donors (Lipinski definition) is 1. The van der Waals surface area contributed by atoms with Gasteiger partial charge < -0.3 is 0 Å². The Morgan fingerprint density at radius 3 is 2.78 bits per heavy atom. The molecule has 1 aliphatic rings. The van der Waals surface area contributed by atoms with Crippen molar-refractivity contribution in [3.63, 3.8) is 0 Å². The fourth-order valence-electron chi connectivity index (χ4n) is 2.90. The van der Waals surface area contributed by atoms with Crippen molar-refractivity contribution < 1.29 is 4.79 Å². The lowest BCUT2D eigenvalue weighted by Crippen LogP contribution is -2.09. The van der Waals surface area contributed by atoms with Crippen molar-refractivity contribution in [2.24, 2.45) is 0 Å². The maximum Gasteiger partial charge on any atom is 0.267 e. The molecule has 1 N–H and O–H groups in total. The fourth-order valence-corrected chi connectivity index (χ4v) is 5.75. The Morgan fingerprint density at radius 1 is 1.19 bits per heavy atom. The summed E-state index contributed by atoms with van der Waals surface area (Å²) in [5.41, 5.74) is 3.09. The van der Waals surface area contributed by atoms with Gasteiger partial charge in [-0.25, -0.2) is 0 Å². The molecule has 0 atom stereocenters. The number of thiophene rings is 1. The number of aromatic nitrogens is 2. The molecule has 27 heavy (non-hydrogen) atoms. The Kier molecular flexibility index (Phi) is 5.53. The second kappa shape index (κ2) is 8.21. The molecule has 0 fully saturated rings. The zero-order valence-corrected chi connectivity index (χ0v) is 16.8. The van der Waals surface area contributed by atoms with Crippen LogP contribution in [0.5, 0.6) is 0 Å². The van der Waals surface area contributed by atoms with E-state index in [0.29, 0.717) is 10.7 Å². The minimum atomic E-state index is -0.103. The van der Waals surface area contributed by atoms with Crippen LogP contribution in [0.15, 0.2) is 34.7 Å². The van der Waals surface area contributed by atoms with Crippen LogP contribution in [0.4, 0.5) is 5.13 Å². The highest BCUT2D eigenvalue weighted by atomic mass is 32.2. The summed E-state index contributed by atoms with van der Waals surface area (Å²) in [5.74, 6) is 0.639. The maximum absolute atomic E-state index is 12.5. The van der Waals surface area contributed by atoms with E-state index < -0.39 is 0 Å². The Balaban J connectivity index is 1.35. The standard InChI is InChI=1S/C19H16N4OS3/c20-10-12-5-7-13(8-6-12)11-25-19-23-22-18(27-19)21-17(24)16-9-14-3-1-2-4-15(14)26-16/h5-9H,1-4,11H2,(H,21,22,24). The highest BCUT2D eigenvalue weighted by Gasteiger charge is 2.18. The number of nitrogens with one attached hydrogen (secondary N) is 1. The lowest BCUT2D eigenvalue weighted by Gasteiger charge is -2.08. The highest BCUT2D eigenvalue weighted by Crippen LogP contribution is 2.31. The van der Waals surface area contributed by atoms with Gasteiger partial charge in [0.15, 0.2) is 4.34 Å². The van der Waals surface area contributed by atoms with E-state index in [1.54, 1.807) is 23.1 Å². The molecule has 0 spiro atoms. The van der Waals surface area contributed by atoms with Gasteiger partial charge in [-0.3, -0.25) is 10.1 Å². The second-order valence-corrected chi connectivity index (χ2v) is 9.53. The summed E-state index contributed by atoms with van der Waals surface area (Å²) in [4.78, 5) is 14.6. The molecule has 2 aromatic heterocycles. The van der Waals surface area contributed by atoms with E-state index in [0.717, 1.165) is 33.4 Å². The van der Waals surface area contributed by atoms with Gasteiger partial charge in [-0.05, 0) is 55.0 Å². The number of hydrogen-bond acceptors (Lipinski definition) is 7. The average molecular weight is 413 g/mol. The molecule has 0 bridgehead atoms. The molecule has 3 aromatic rings. The van der Waals surface area contributed by atoms with Crippen LogP contribution in [-0.2, 0) is 18.6 Å². The molecule has 1 aliphatic carbocycles. The fraction of sp³-hybridized carbons (Fsp3) is 0.263. The number of nitrogens with zero attached hydrogens (tertiary/aromatic N) is 3. The van der Waals surface area contributed by atoms with Crippen molar-refractivity contribution in [3.05, 3.63) is 56.8 Å². The van der Waals surface area contributed by atoms with Crippen molar-refractivity contribution in [2.75, 3.05) is 5.32 Å². The lowest BCUT2D eigenvalue weighted by atomic mass is 9.99. The number of thioether (sulfide) groups is 1. The Morgan fingerprint density at radius 2 is 2.00 bits per heavy atom. The summed E-state index contributed by atoms with van der Waals surface area (Å²) >= 11 is 4.54. The third kappa shape index (κ3) is 4.38. The number of anilines is 1. The third-order valence-electron chi connectivity index (χ3n) is 4.29. The molecule has 4 rings (SSSR count). The molecule has 136 valence electrons. The summed E-state index contributed by atoms with van der Waals surface area (Å²) < 4.78 is 0.806. The molecule has 5 nitrogen and oxygen atoms in total. The van der Waals surface area contributed by atoms with Crippen molar-refractivity contribution in [1.29, 1.82) is 5.26 Å². The first-order valence-corrected chi connectivity index (χ1v) is 11.2. The highest BCUT2D eigenvalue weighted by molar-refractivity contribution is 8.00. The number of rotatable bonds is 5. The van der Waals surface area contributed by atoms with E-state index in [-0.39, 0.29) is 5.91 Å². The van der Waals surface area contributed by atoms with E-state index in [9.17, 15) is 4.79 Å². The van der Waals surface area contributed by atoms with Crippen LogP contribution in [0.2, 0.25) is 0 Å². The summed E-state index contributed by atoms with van der Waals surface area (Å²) in [6.45, 7) is 0. The van der Waals surface area contributed by atoms with Gasteiger partial charge >= 0.3 is 0 Å². The largest absolute Gasteiger partial charge is 0.296 e. The molecule has 0 aliphatic heterocycles. The maximum atomic E-state index is 12.5. The second-order valence-electron chi connectivity index (χ2n) is 6.19. The SMILES string of the molecule is N#Cc1ccc(CSc2nnc(NC(=O)c3cc4c(s3)CCCC4)s2)cc1. The van der Waals surface area contributed by atoms with E-state index in [2.05, 4.69) is 21.6 Å². The quantitative estimate of drug-likeness (QED) is 0.476. The van der Waals surface area contributed by atoms with Gasteiger partial charge in [0.1, 0.15) is 0 Å². The van der Waals surface area contributed by atoms with E-state index in [1.807, 2.05) is 30.3 Å². The van der Waals surface area contributed by atoms with Gasteiger partial charge in [-0.15, -0.1) is 21.5 Å². The number of benzene rings is 1. The minimum absolute atomic E-state index is 0.103. The topological polar surface area (TPSA) is 78.7 Å². The summed E-state index contributed by atoms with van der Waals surface area (Å²) in [7, 11) is 0. The molecule has 1 amide bonds. The van der Waals surface area contributed by atoms with Crippen LogP contribution >= 0.6 is 34.4 Å². The molecule has 0 unspecified atom stereocenters. The van der Waals surface area contributed by atoms with Crippen molar-refractivity contribution in [2.45, 2.75) is 35.8 Å². The molecular formula is C19H16N4OS3. The van der Waals surface area contributed by atoms with Gasteiger partial charge in [0.2, 0.25) is 5.13 Å². The number of amides is 1. The smallest absolute Gasteiger partial charge is 0.267 e. The molecule has 0 radical (unpaired) electrons. The number of carbonyl (C=O) groups excluding carboxylic acids is 1. The normalized spacial score (nSPS) is 13.0. The Hall–Kier alpha value is -2.21. The number of aryl methyl sites for hydroxylation is 2. The number of carbonyl (C=O) groups is 1. The summed E-state index contributed by atoms with van der Waals surface area (Å²) in [6.07, 6.45) is 4.59. The van der Waals surface area contributed by atoms with Gasteiger partial charge in [0, 0.05) is 10.6 Å². The molecule has 1 aromatic carbocycles. The van der Waals surface area contributed by atoms with Crippen molar-refractivity contribution in [3.8, 4) is 6.07 Å². The lowest BCUT2D eigenvalue weighted by molar-refractivity contribution is 0.103. The zero-order valence-electron chi connectivity index (χ0n) is 14.4. The van der Waals surface area contributed by atoms with Gasteiger partial charge in [0.05, 0.1) is 16.5 Å². The molecule has 2 heterocycles. The number of nitriles is 1. The third-order valence-corrected chi connectivity index (χ3v) is 7.57. The van der Waals surface area contributed by atoms with Crippen molar-refractivity contribution in [1.82, 2.24) is 10.2 Å². The van der Waals surface area contributed by atoms with Gasteiger partial charge in [-0.1, -0.05) is 35.2 Å². The van der Waals surface area contributed by atoms with Gasteiger partial charge in [0.25, 0.3) is 5.91 Å².